The molecular formula is C14H16BBrN2O2. The SMILES string of the molecule is CC1(C)OB(c2ccc3nncc(Br)c3c2)OC1(C)C. The van der Waals surface area contributed by atoms with Gasteiger partial charge in [-0.05, 0) is 55.2 Å². The highest BCUT2D eigenvalue weighted by Gasteiger charge is 2.51. The summed E-state index contributed by atoms with van der Waals surface area (Å²) < 4.78 is 13.0. The molecule has 20 heavy (non-hydrogen) atoms. The summed E-state index contributed by atoms with van der Waals surface area (Å²) in [5.74, 6) is 0. The Labute approximate surface area is 127 Å². The third-order valence-corrected chi connectivity index (χ3v) is 4.77. The van der Waals surface area contributed by atoms with E-state index in [0.717, 1.165) is 20.8 Å². The topological polar surface area (TPSA) is 44.2 Å². The molecule has 2 heterocycles. The number of hydrogen-bond acceptors (Lipinski definition) is 4. The van der Waals surface area contributed by atoms with Gasteiger partial charge in [0, 0.05) is 9.86 Å². The minimum Gasteiger partial charge on any atom is -0.399 e. The Morgan fingerprint density at radius 1 is 1.10 bits per heavy atom. The molecule has 0 bridgehead atoms. The Kier molecular flexibility index (Phi) is 3.16. The van der Waals surface area contributed by atoms with Crippen molar-refractivity contribution < 1.29 is 9.31 Å². The van der Waals surface area contributed by atoms with E-state index in [1.54, 1.807) is 6.20 Å². The second-order valence-corrected chi connectivity index (χ2v) is 6.91. The van der Waals surface area contributed by atoms with Gasteiger partial charge in [-0.1, -0.05) is 12.1 Å². The zero-order valence-electron chi connectivity index (χ0n) is 12.0. The van der Waals surface area contributed by atoms with Crippen LogP contribution >= 0.6 is 15.9 Å². The van der Waals surface area contributed by atoms with Crippen LogP contribution in [0.15, 0.2) is 28.9 Å². The van der Waals surface area contributed by atoms with Crippen LogP contribution in [-0.4, -0.2) is 28.5 Å². The van der Waals surface area contributed by atoms with Crippen LogP contribution in [0.25, 0.3) is 10.9 Å². The van der Waals surface area contributed by atoms with Gasteiger partial charge in [0.2, 0.25) is 0 Å². The molecule has 0 unspecified atom stereocenters. The van der Waals surface area contributed by atoms with E-state index in [2.05, 4.69) is 53.8 Å². The number of benzene rings is 1. The predicted octanol–water partition coefficient (Wildman–Crippen LogP) is 2.69. The number of fused-ring (bicyclic) bond motifs is 1. The smallest absolute Gasteiger partial charge is 0.399 e. The van der Waals surface area contributed by atoms with E-state index in [1.165, 1.54) is 0 Å². The highest BCUT2D eigenvalue weighted by molar-refractivity contribution is 9.10. The van der Waals surface area contributed by atoms with E-state index in [4.69, 9.17) is 9.31 Å². The average molecular weight is 335 g/mol. The zero-order chi connectivity index (χ0) is 14.5. The summed E-state index contributed by atoms with van der Waals surface area (Å²) in [6.45, 7) is 8.20. The van der Waals surface area contributed by atoms with Crippen molar-refractivity contribution in [1.29, 1.82) is 0 Å². The van der Waals surface area contributed by atoms with Crippen LogP contribution in [-0.2, 0) is 9.31 Å². The lowest BCUT2D eigenvalue weighted by atomic mass is 9.78. The first-order valence-electron chi connectivity index (χ1n) is 6.57. The number of nitrogens with zero attached hydrogens (tertiary/aromatic N) is 2. The molecule has 4 nitrogen and oxygen atoms in total. The molecular weight excluding hydrogens is 319 g/mol. The van der Waals surface area contributed by atoms with Gasteiger partial charge in [-0.25, -0.2) is 0 Å². The molecule has 0 atom stereocenters. The minimum atomic E-state index is -0.357. The third-order valence-electron chi connectivity index (χ3n) is 4.14. The van der Waals surface area contributed by atoms with Gasteiger partial charge in [-0.15, -0.1) is 0 Å². The summed E-state index contributed by atoms with van der Waals surface area (Å²) in [7, 11) is -0.357. The van der Waals surface area contributed by atoms with Crippen LogP contribution in [0.1, 0.15) is 27.7 Å². The molecule has 0 aliphatic carbocycles. The first-order valence-corrected chi connectivity index (χ1v) is 7.36. The van der Waals surface area contributed by atoms with E-state index in [9.17, 15) is 0 Å². The second-order valence-electron chi connectivity index (χ2n) is 6.06. The number of hydrogen-bond donors (Lipinski definition) is 0. The summed E-state index contributed by atoms with van der Waals surface area (Å²) in [6.07, 6.45) is 1.69. The molecule has 1 fully saturated rings. The predicted molar refractivity (Wildman–Crippen MR) is 83.0 cm³/mol. The number of halogens is 1. The van der Waals surface area contributed by atoms with Crippen molar-refractivity contribution in [1.82, 2.24) is 10.2 Å². The van der Waals surface area contributed by atoms with Crippen LogP contribution in [0.4, 0.5) is 0 Å². The molecule has 0 amide bonds. The lowest BCUT2D eigenvalue weighted by molar-refractivity contribution is 0.00578. The average Bonchev–Trinajstić information content (AvgIpc) is 2.59. The molecule has 0 N–H and O–H groups in total. The number of aromatic nitrogens is 2. The van der Waals surface area contributed by atoms with Crippen LogP contribution in [0.5, 0.6) is 0 Å². The van der Waals surface area contributed by atoms with Gasteiger partial charge >= 0.3 is 7.12 Å². The van der Waals surface area contributed by atoms with Crippen molar-refractivity contribution in [2.75, 3.05) is 0 Å². The lowest BCUT2D eigenvalue weighted by Gasteiger charge is -2.32. The minimum absolute atomic E-state index is 0.333. The molecule has 1 aliphatic heterocycles. The number of rotatable bonds is 1. The van der Waals surface area contributed by atoms with Crippen molar-refractivity contribution in [2.24, 2.45) is 0 Å². The van der Waals surface area contributed by atoms with Gasteiger partial charge in [0.15, 0.2) is 0 Å². The van der Waals surface area contributed by atoms with Gasteiger partial charge in [-0.2, -0.15) is 10.2 Å². The van der Waals surface area contributed by atoms with Crippen molar-refractivity contribution in [3.63, 3.8) is 0 Å². The van der Waals surface area contributed by atoms with Gasteiger partial charge in [0.25, 0.3) is 0 Å². The Balaban J connectivity index is 2.02. The quantitative estimate of drug-likeness (QED) is 0.752. The van der Waals surface area contributed by atoms with Gasteiger partial charge in [0.1, 0.15) is 0 Å². The van der Waals surface area contributed by atoms with Crippen molar-refractivity contribution in [2.45, 2.75) is 38.9 Å². The first kappa shape index (κ1) is 14.0. The fourth-order valence-electron chi connectivity index (χ4n) is 2.17. The van der Waals surface area contributed by atoms with Gasteiger partial charge in [0.05, 0.1) is 22.9 Å². The normalized spacial score (nSPS) is 20.6. The summed E-state index contributed by atoms with van der Waals surface area (Å²) in [5, 5.41) is 9.04. The highest BCUT2D eigenvalue weighted by atomic mass is 79.9. The third kappa shape index (κ3) is 2.16. The van der Waals surface area contributed by atoms with Crippen molar-refractivity contribution in [3.05, 3.63) is 28.9 Å². The maximum Gasteiger partial charge on any atom is 0.494 e. The molecule has 1 saturated heterocycles. The monoisotopic (exact) mass is 334 g/mol. The molecule has 0 spiro atoms. The second kappa shape index (κ2) is 4.51. The lowest BCUT2D eigenvalue weighted by Crippen LogP contribution is -2.41. The Morgan fingerprint density at radius 2 is 1.75 bits per heavy atom. The largest absolute Gasteiger partial charge is 0.494 e. The Bertz CT molecular complexity index is 659. The van der Waals surface area contributed by atoms with E-state index in [0.29, 0.717) is 0 Å². The summed E-state index contributed by atoms with van der Waals surface area (Å²) >= 11 is 3.50. The summed E-state index contributed by atoms with van der Waals surface area (Å²) in [5.41, 5.74) is 1.17. The maximum absolute atomic E-state index is 6.07. The summed E-state index contributed by atoms with van der Waals surface area (Å²) in [4.78, 5) is 0. The standard InChI is InChI=1S/C14H16BBrN2O2/c1-13(2)14(3,4)20-15(19-13)9-5-6-12-10(7-9)11(16)8-17-18-12/h5-8H,1-4H3. The van der Waals surface area contributed by atoms with E-state index < -0.39 is 0 Å². The highest BCUT2D eigenvalue weighted by Crippen LogP contribution is 2.36. The molecule has 1 aromatic heterocycles. The van der Waals surface area contributed by atoms with E-state index in [-0.39, 0.29) is 18.3 Å². The van der Waals surface area contributed by atoms with Crippen LogP contribution in [0.3, 0.4) is 0 Å². The Morgan fingerprint density at radius 3 is 2.40 bits per heavy atom. The molecule has 2 aromatic rings. The summed E-state index contributed by atoms with van der Waals surface area (Å²) in [6, 6.07) is 5.95. The molecule has 0 saturated carbocycles. The molecule has 1 aromatic carbocycles. The molecule has 1 aliphatic rings. The van der Waals surface area contributed by atoms with Crippen molar-refractivity contribution in [3.8, 4) is 0 Å². The first-order chi connectivity index (χ1) is 9.30. The molecule has 104 valence electrons. The van der Waals surface area contributed by atoms with E-state index in [1.807, 2.05) is 18.2 Å². The van der Waals surface area contributed by atoms with Crippen LogP contribution < -0.4 is 5.46 Å². The molecule has 3 rings (SSSR count). The van der Waals surface area contributed by atoms with Gasteiger partial charge in [-0.3, -0.25) is 0 Å². The van der Waals surface area contributed by atoms with Crippen LogP contribution in [0, 0.1) is 0 Å². The van der Waals surface area contributed by atoms with Crippen LogP contribution in [0.2, 0.25) is 0 Å². The fraction of sp³-hybridized carbons (Fsp3) is 0.429. The van der Waals surface area contributed by atoms with E-state index >= 15 is 0 Å². The molecule has 6 heteroatoms. The maximum atomic E-state index is 6.07. The Hall–Kier alpha value is -0.975. The van der Waals surface area contributed by atoms with Gasteiger partial charge < -0.3 is 9.31 Å². The van der Waals surface area contributed by atoms with Crippen molar-refractivity contribution >= 4 is 39.4 Å². The zero-order valence-corrected chi connectivity index (χ0v) is 13.6. The molecule has 0 radical (unpaired) electrons. The fourth-order valence-corrected chi connectivity index (χ4v) is 2.58.